The summed E-state index contributed by atoms with van der Waals surface area (Å²) in [6.07, 6.45) is -3.42. The summed E-state index contributed by atoms with van der Waals surface area (Å²) in [5.41, 5.74) is 2.21. The third kappa shape index (κ3) is 3.47. The topological polar surface area (TPSA) is 98.0 Å². The second-order valence-electron chi connectivity index (χ2n) is 4.70. The van der Waals surface area contributed by atoms with Gasteiger partial charge in [-0.3, -0.25) is 9.59 Å². The summed E-state index contributed by atoms with van der Waals surface area (Å²) in [6.45, 7) is 0.947. The number of hydrogen-bond acceptors (Lipinski definition) is 4. The number of primary amides is 1. The van der Waals surface area contributed by atoms with E-state index in [0.717, 1.165) is 13.1 Å². The molecule has 2 aromatic heterocycles. The van der Waals surface area contributed by atoms with Crippen LogP contribution in [0.1, 0.15) is 32.1 Å². The van der Waals surface area contributed by atoms with Gasteiger partial charge in [0.2, 0.25) is 0 Å². The number of halogens is 4. The first-order valence-electron chi connectivity index (χ1n) is 6.40. The van der Waals surface area contributed by atoms with Gasteiger partial charge in [0.05, 0.1) is 23.6 Å². The number of nitrogens with two attached hydrogens (primary N) is 1. The number of carbonyl (C=O) groups excluding carboxylic acids is 2. The molecule has 0 aliphatic heterocycles. The lowest BCUT2D eigenvalue weighted by atomic mass is 10.1. The number of nitrogens with zero attached hydrogens (tertiary/aromatic N) is 2. The molecule has 24 heavy (non-hydrogen) atoms. The van der Waals surface area contributed by atoms with E-state index in [1.807, 2.05) is 0 Å². The predicted molar refractivity (Wildman–Crippen MR) is 74.6 cm³/mol. The summed E-state index contributed by atoms with van der Waals surface area (Å²) in [7, 11) is 0. The third-order valence-electron chi connectivity index (χ3n) is 3.05. The molecule has 0 aliphatic rings. The Labute approximate surface area is 132 Å². The highest BCUT2D eigenvalue weighted by Gasteiger charge is 2.36. The molecular formula is C14H10F4N4O2. The van der Waals surface area contributed by atoms with E-state index < -0.39 is 40.6 Å². The van der Waals surface area contributed by atoms with Crippen molar-refractivity contribution < 1.29 is 27.2 Å². The van der Waals surface area contributed by atoms with Gasteiger partial charge in [-0.1, -0.05) is 0 Å². The van der Waals surface area contributed by atoms with Gasteiger partial charge in [0, 0.05) is 0 Å². The number of nitrogens with one attached hydrogen (secondary N) is 1. The van der Waals surface area contributed by atoms with E-state index in [9.17, 15) is 27.2 Å². The summed E-state index contributed by atoms with van der Waals surface area (Å²) in [6, 6.07) is 2.46. The molecule has 126 valence electrons. The zero-order chi connectivity index (χ0) is 18.1. The monoisotopic (exact) mass is 342 g/mol. The Morgan fingerprint density at radius 3 is 2.33 bits per heavy atom. The fraction of sp³-hybridized carbons (Fsp3) is 0.143. The van der Waals surface area contributed by atoms with Gasteiger partial charge < -0.3 is 11.1 Å². The maximum atomic E-state index is 13.8. The van der Waals surface area contributed by atoms with Crippen LogP contribution in [0.3, 0.4) is 0 Å². The van der Waals surface area contributed by atoms with Gasteiger partial charge in [-0.25, -0.2) is 14.4 Å². The molecule has 10 heteroatoms. The number of anilines is 1. The van der Waals surface area contributed by atoms with Gasteiger partial charge in [0.25, 0.3) is 11.8 Å². The second-order valence-corrected chi connectivity index (χ2v) is 4.70. The average molecular weight is 342 g/mol. The first-order chi connectivity index (χ1) is 11.1. The van der Waals surface area contributed by atoms with Crippen LogP contribution < -0.4 is 11.1 Å². The van der Waals surface area contributed by atoms with Crippen molar-refractivity contribution in [2.75, 3.05) is 5.32 Å². The van der Waals surface area contributed by atoms with Gasteiger partial charge >= 0.3 is 6.18 Å². The van der Waals surface area contributed by atoms with Crippen LogP contribution in [0.15, 0.2) is 24.5 Å². The number of pyridine rings is 2. The number of rotatable bonds is 3. The van der Waals surface area contributed by atoms with Crippen molar-refractivity contribution >= 4 is 17.5 Å². The standard InChI is InChI=1S/C14H10F4N4O2/c1-6-10(8(15)5-21-11(6)14(16,17)18)13(24)22-7-2-3-9(12(19)23)20-4-7/h2-5H,1H3,(H2,19,23)(H,22,24). The van der Waals surface area contributed by atoms with Gasteiger partial charge in [0.15, 0.2) is 5.82 Å². The van der Waals surface area contributed by atoms with Crippen LogP contribution in [0.25, 0.3) is 0 Å². The highest BCUT2D eigenvalue weighted by Crippen LogP contribution is 2.32. The van der Waals surface area contributed by atoms with E-state index in [2.05, 4.69) is 15.3 Å². The van der Waals surface area contributed by atoms with Crippen molar-refractivity contribution in [2.24, 2.45) is 5.73 Å². The van der Waals surface area contributed by atoms with Crippen molar-refractivity contribution in [3.8, 4) is 0 Å². The molecule has 2 heterocycles. The van der Waals surface area contributed by atoms with Crippen molar-refractivity contribution in [3.05, 3.63) is 52.9 Å². The Hall–Kier alpha value is -3.04. The molecule has 0 aromatic carbocycles. The molecule has 0 bridgehead atoms. The molecular weight excluding hydrogens is 332 g/mol. The minimum Gasteiger partial charge on any atom is -0.364 e. The Bertz CT molecular complexity index is 804. The van der Waals surface area contributed by atoms with Crippen molar-refractivity contribution in [1.29, 1.82) is 0 Å². The second kappa shape index (κ2) is 6.22. The lowest BCUT2D eigenvalue weighted by molar-refractivity contribution is -0.141. The molecule has 6 nitrogen and oxygen atoms in total. The highest BCUT2D eigenvalue weighted by molar-refractivity contribution is 6.05. The molecule has 3 N–H and O–H groups in total. The maximum Gasteiger partial charge on any atom is 0.433 e. The van der Waals surface area contributed by atoms with Gasteiger partial charge in [-0.15, -0.1) is 0 Å². The number of aromatic nitrogens is 2. The first-order valence-corrected chi connectivity index (χ1v) is 6.40. The summed E-state index contributed by atoms with van der Waals surface area (Å²) in [4.78, 5) is 29.6. The molecule has 2 rings (SSSR count). The fourth-order valence-electron chi connectivity index (χ4n) is 1.95. The molecule has 0 unspecified atom stereocenters. The van der Waals surface area contributed by atoms with Crippen LogP contribution in [-0.4, -0.2) is 21.8 Å². The SMILES string of the molecule is Cc1c(C(F)(F)F)ncc(F)c1C(=O)Nc1ccc(C(N)=O)nc1. The number of alkyl halides is 3. The van der Waals surface area contributed by atoms with E-state index in [1.54, 1.807) is 0 Å². The predicted octanol–water partition coefficient (Wildman–Crippen LogP) is 2.29. The highest BCUT2D eigenvalue weighted by atomic mass is 19.4. The lowest BCUT2D eigenvalue weighted by Crippen LogP contribution is -2.20. The lowest BCUT2D eigenvalue weighted by Gasteiger charge is -2.13. The van der Waals surface area contributed by atoms with E-state index in [4.69, 9.17) is 5.73 Å². The maximum absolute atomic E-state index is 13.8. The van der Waals surface area contributed by atoms with Crippen LogP contribution >= 0.6 is 0 Å². The summed E-state index contributed by atoms with van der Waals surface area (Å²) >= 11 is 0. The van der Waals surface area contributed by atoms with E-state index in [-0.39, 0.29) is 11.4 Å². The molecule has 2 aromatic rings. The zero-order valence-corrected chi connectivity index (χ0v) is 12.1. The van der Waals surface area contributed by atoms with Crippen molar-refractivity contribution in [2.45, 2.75) is 13.1 Å². The minimum absolute atomic E-state index is 0.0502. The zero-order valence-electron chi connectivity index (χ0n) is 12.1. The largest absolute Gasteiger partial charge is 0.433 e. The average Bonchev–Trinajstić information content (AvgIpc) is 2.46. The Kier molecular flexibility index (Phi) is 4.49. The third-order valence-corrected chi connectivity index (χ3v) is 3.05. The van der Waals surface area contributed by atoms with Gasteiger partial charge in [0.1, 0.15) is 11.4 Å². The molecule has 0 spiro atoms. The van der Waals surface area contributed by atoms with Crippen LogP contribution in [0.4, 0.5) is 23.2 Å². The summed E-state index contributed by atoms with van der Waals surface area (Å²) < 4.78 is 52.2. The van der Waals surface area contributed by atoms with E-state index in [1.165, 1.54) is 12.1 Å². The fourth-order valence-corrected chi connectivity index (χ4v) is 1.95. The molecule has 0 atom stereocenters. The molecule has 2 amide bonds. The quantitative estimate of drug-likeness (QED) is 0.836. The normalized spacial score (nSPS) is 11.2. The van der Waals surface area contributed by atoms with Gasteiger partial charge in [-0.05, 0) is 24.6 Å². The molecule has 0 saturated heterocycles. The van der Waals surface area contributed by atoms with E-state index in [0.29, 0.717) is 6.20 Å². The van der Waals surface area contributed by atoms with Crippen LogP contribution in [0.5, 0.6) is 0 Å². The van der Waals surface area contributed by atoms with Crippen LogP contribution in [0.2, 0.25) is 0 Å². The Balaban J connectivity index is 2.34. The number of hydrogen-bond donors (Lipinski definition) is 2. The first kappa shape index (κ1) is 17.3. The van der Waals surface area contributed by atoms with Crippen molar-refractivity contribution in [1.82, 2.24) is 9.97 Å². The van der Waals surface area contributed by atoms with Crippen molar-refractivity contribution in [3.63, 3.8) is 0 Å². The number of amides is 2. The molecule has 0 radical (unpaired) electrons. The smallest absolute Gasteiger partial charge is 0.364 e. The molecule has 0 fully saturated rings. The minimum atomic E-state index is -4.82. The van der Waals surface area contributed by atoms with Crippen LogP contribution in [-0.2, 0) is 6.18 Å². The Morgan fingerprint density at radius 2 is 1.83 bits per heavy atom. The Morgan fingerprint density at radius 1 is 1.17 bits per heavy atom. The summed E-state index contributed by atoms with van der Waals surface area (Å²) in [5, 5.41) is 2.20. The van der Waals surface area contributed by atoms with Gasteiger partial charge in [-0.2, -0.15) is 13.2 Å². The van der Waals surface area contributed by atoms with Crippen LogP contribution in [0, 0.1) is 12.7 Å². The number of carbonyl (C=O) groups is 2. The molecule has 0 saturated carbocycles. The summed E-state index contributed by atoms with van der Waals surface area (Å²) in [5.74, 6) is -3.09. The van der Waals surface area contributed by atoms with E-state index >= 15 is 0 Å². The molecule has 0 aliphatic carbocycles.